The SMILES string of the molecule is CC(C)Oc1ccc(/C=N\N2C(=O)[C@H]3[C@@H]4C=C[C@H]([C@@H]5C[C@H]45)[C@@H]3C2=O)c(OC(C)C)c1. The highest BCUT2D eigenvalue weighted by Crippen LogP contribution is 2.65. The first-order chi connectivity index (χ1) is 14.3. The van der Waals surface area contributed by atoms with Gasteiger partial charge in [-0.05, 0) is 69.9 Å². The molecule has 1 saturated heterocycles. The van der Waals surface area contributed by atoms with Crippen molar-refractivity contribution in [3.8, 4) is 11.5 Å². The van der Waals surface area contributed by atoms with Crippen molar-refractivity contribution in [2.75, 3.05) is 0 Å². The first-order valence-corrected chi connectivity index (χ1v) is 10.9. The summed E-state index contributed by atoms with van der Waals surface area (Å²) in [5, 5.41) is 5.44. The van der Waals surface area contributed by atoms with Gasteiger partial charge in [0.05, 0.1) is 30.3 Å². The summed E-state index contributed by atoms with van der Waals surface area (Å²) in [6.07, 6.45) is 7.06. The average Bonchev–Trinajstić information content (AvgIpc) is 3.46. The van der Waals surface area contributed by atoms with Crippen molar-refractivity contribution in [1.82, 2.24) is 5.01 Å². The van der Waals surface area contributed by atoms with E-state index in [2.05, 4.69) is 17.3 Å². The Bertz CT molecular complexity index is 915. The van der Waals surface area contributed by atoms with Crippen LogP contribution < -0.4 is 9.47 Å². The summed E-state index contributed by atoms with van der Waals surface area (Å²) in [7, 11) is 0. The molecule has 1 heterocycles. The Morgan fingerprint density at radius 3 is 2.13 bits per heavy atom. The largest absolute Gasteiger partial charge is 0.491 e. The van der Waals surface area contributed by atoms with Gasteiger partial charge in [-0.1, -0.05) is 12.2 Å². The lowest BCUT2D eigenvalue weighted by Crippen LogP contribution is -2.40. The lowest BCUT2D eigenvalue weighted by atomic mass is 9.63. The maximum atomic E-state index is 13.1. The zero-order valence-corrected chi connectivity index (χ0v) is 17.8. The molecule has 4 aliphatic carbocycles. The van der Waals surface area contributed by atoms with Crippen LogP contribution in [0.2, 0.25) is 0 Å². The summed E-state index contributed by atoms with van der Waals surface area (Å²) >= 11 is 0. The van der Waals surface area contributed by atoms with Crippen LogP contribution in [0.15, 0.2) is 35.5 Å². The van der Waals surface area contributed by atoms with Gasteiger partial charge in [0.25, 0.3) is 11.8 Å². The summed E-state index contributed by atoms with van der Waals surface area (Å²) in [6, 6.07) is 5.52. The van der Waals surface area contributed by atoms with Gasteiger partial charge in [-0.25, -0.2) is 0 Å². The zero-order valence-electron chi connectivity index (χ0n) is 17.8. The highest BCUT2D eigenvalue weighted by atomic mass is 16.5. The van der Waals surface area contributed by atoms with E-state index in [1.807, 2.05) is 45.9 Å². The molecule has 0 unspecified atom stereocenters. The summed E-state index contributed by atoms with van der Waals surface area (Å²) in [6.45, 7) is 7.83. The molecule has 2 bridgehead atoms. The monoisotopic (exact) mass is 408 g/mol. The van der Waals surface area contributed by atoms with Gasteiger partial charge in [0.2, 0.25) is 0 Å². The second-order valence-corrected chi connectivity index (χ2v) is 9.42. The number of rotatable bonds is 6. The van der Waals surface area contributed by atoms with Gasteiger partial charge in [0.15, 0.2) is 0 Å². The topological polar surface area (TPSA) is 68.2 Å². The molecule has 30 heavy (non-hydrogen) atoms. The fraction of sp³-hybridized carbons (Fsp3) is 0.542. The molecule has 0 spiro atoms. The predicted octanol–water partition coefficient (Wildman–Crippen LogP) is 3.65. The molecular weight excluding hydrogens is 380 g/mol. The first kappa shape index (κ1) is 19.3. The number of ether oxygens (including phenoxy) is 2. The maximum absolute atomic E-state index is 13.1. The fourth-order valence-corrected chi connectivity index (χ4v) is 5.50. The molecule has 6 rings (SSSR count). The van der Waals surface area contributed by atoms with E-state index >= 15 is 0 Å². The fourth-order valence-electron chi connectivity index (χ4n) is 5.50. The van der Waals surface area contributed by atoms with E-state index in [1.54, 1.807) is 6.21 Å². The Morgan fingerprint density at radius 1 is 0.967 bits per heavy atom. The van der Waals surface area contributed by atoms with Crippen LogP contribution in [0.4, 0.5) is 0 Å². The third-order valence-corrected chi connectivity index (χ3v) is 6.67. The number of hydrogen-bond donors (Lipinski definition) is 0. The number of amides is 2. The highest BCUT2D eigenvalue weighted by Gasteiger charge is 2.67. The number of nitrogens with zero attached hydrogens (tertiary/aromatic N) is 2. The predicted molar refractivity (Wildman–Crippen MR) is 112 cm³/mol. The Hall–Kier alpha value is -2.63. The number of carbonyl (C=O) groups is 2. The molecule has 6 heteroatoms. The molecule has 6 atom stereocenters. The molecule has 0 aromatic heterocycles. The number of hydrogen-bond acceptors (Lipinski definition) is 5. The molecule has 6 nitrogen and oxygen atoms in total. The van der Waals surface area contributed by atoms with E-state index in [-0.39, 0.29) is 47.7 Å². The zero-order chi connectivity index (χ0) is 21.2. The van der Waals surface area contributed by atoms with Gasteiger partial charge >= 0.3 is 0 Å². The van der Waals surface area contributed by atoms with Crippen molar-refractivity contribution in [2.45, 2.75) is 46.3 Å². The molecular formula is C24H28N2O4. The van der Waals surface area contributed by atoms with Crippen LogP contribution in [0.25, 0.3) is 0 Å². The molecule has 1 aromatic rings. The van der Waals surface area contributed by atoms with Crippen molar-refractivity contribution in [2.24, 2.45) is 40.6 Å². The van der Waals surface area contributed by atoms with Crippen LogP contribution in [-0.4, -0.2) is 35.2 Å². The molecule has 1 aromatic carbocycles. The minimum Gasteiger partial charge on any atom is -0.491 e. The van der Waals surface area contributed by atoms with E-state index in [0.29, 0.717) is 28.9 Å². The average molecular weight is 408 g/mol. The van der Waals surface area contributed by atoms with Crippen molar-refractivity contribution in [1.29, 1.82) is 0 Å². The molecule has 3 fully saturated rings. The highest BCUT2D eigenvalue weighted by molar-refractivity contribution is 6.06. The second kappa shape index (κ2) is 6.96. The smallest absolute Gasteiger partial charge is 0.254 e. The number of imide groups is 1. The van der Waals surface area contributed by atoms with Crippen molar-refractivity contribution in [3.05, 3.63) is 35.9 Å². The minimum absolute atomic E-state index is 0.0298. The quantitative estimate of drug-likeness (QED) is 0.409. The Labute approximate surface area is 176 Å². The van der Waals surface area contributed by atoms with Gasteiger partial charge in [0, 0.05) is 11.6 Å². The molecule has 158 valence electrons. The molecule has 2 amide bonds. The van der Waals surface area contributed by atoms with Gasteiger partial charge < -0.3 is 9.47 Å². The van der Waals surface area contributed by atoms with E-state index in [4.69, 9.17) is 9.47 Å². The Kier molecular flexibility index (Phi) is 4.49. The van der Waals surface area contributed by atoms with E-state index in [9.17, 15) is 9.59 Å². The number of benzene rings is 1. The number of allylic oxidation sites excluding steroid dienone is 2. The van der Waals surface area contributed by atoms with Crippen LogP contribution in [-0.2, 0) is 9.59 Å². The normalized spacial score (nSPS) is 33.6. The van der Waals surface area contributed by atoms with Crippen LogP contribution in [0, 0.1) is 35.5 Å². The molecule has 0 N–H and O–H groups in total. The second-order valence-electron chi connectivity index (χ2n) is 9.42. The standard InChI is InChI=1S/C24H28N2O4/c1-12(2)29-15-6-5-14(20(9-15)30-13(3)4)11-25-26-23(27)21-16-7-8-17(19-10-18(16)19)22(21)24(26)28/h5-9,11-13,16-19,21-22H,10H2,1-4H3/b25-11-/t16-,17-,18-,19+,21+,22+/m1/s1. The van der Waals surface area contributed by atoms with Gasteiger partial charge in [0.1, 0.15) is 11.5 Å². The lowest BCUT2D eigenvalue weighted by Gasteiger charge is -2.37. The van der Waals surface area contributed by atoms with Crippen LogP contribution >= 0.6 is 0 Å². The minimum atomic E-state index is -0.235. The molecule has 5 aliphatic rings. The van der Waals surface area contributed by atoms with Gasteiger partial charge in [-0.15, -0.1) is 0 Å². The van der Waals surface area contributed by atoms with Crippen LogP contribution in [0.5, 0.6) is 11.5 Å². The third-order valence-electron chi connectivity index (χ3n) is 6.67. The summed E-state index contributed by atoms with van der Waals surface area (Å²) in [5.41, 5.74) is 0.708. The molecule has 1 aliphatic heterocycles. The Morgan fingerprint density at radius 2 is 1.57 bits per heavy atom. The molecule has 0 radical (unpaired) electrons. The van der Waals surface area contributed by atoms with E-state index in [0.717, 1.165) is 11.4 Å². The molecule has 2 saturated carbocycles. The van der Waals surface area contributed by atoms with E-state index in [1.165, 1.54) is 0 Å². The maximum Gasteiger partial charge on any atom is 0.254 e. The van der Waals surface area contributed by atoms with Crippen molar-refractivity contribution >= 4 is 18.0 Å². The summed E-state index contributed by atoms with van der Waals surface area (Å²) < 4.78 is 11.7. The van der Waals surface area contributed by atoms with Gasteiger partial charge in [-0.2, -0.15) is 10.1 Å². The lowest BCUT2D eigenvalue weighted by molar-refractivity contribution is -0.140. The number of hydrazone groups is 1. The van der Waals surface area contributed by atoms with Crippen LogP contribution in [0.1, 0.15) is 39.7 Å². The van der Waals surface area contributed by atoms with Gasteiger partial charge in [-0.3, -0.25) is 9.59 Å². The summed E-state index contributed by atoms with van der Waals surface area (Å²) in [5.74, 6) is 2.12. The van der Waals surface area contributed by atoms with Crippen molar-refractivity contribution in [3.63, 3.8) is 0 Å². The third kappa shape index (κ3) is 3.04. The number of carbonyl (C=O) groups excluding carboxylic acids is 2. The van der Waals surface area contributed by atoms with E-state index < -0.39 is 0 Å². The van der Waals surface area contributed by atoms with Crippen molar-refractivity contribution < 1.29 is 19.1 Å². The Balaban J connectivity index is 1.40. The summed E-state index contributed by atoms with van der Waals surface area (Å²) in [4.78, 5) is 26.1. The first-order valence-electron chi connectivity index (χ1n) is 10.9. The van der Waals surface area contributed by atoms with Crippen LogP contribution in [0.3, 0.4) is 0 Å².